The van der Waals surface area contributed by atoms with Crippen LogP contribution in [0, 0.1) is 6.92 Å². The average molecular weight is 282 g/mol. The van der Waals surface area contributed by atoms with Gasteiger partial charge in [-0.25, -0.2) is 9.97 Å². The highest BCUT2D eigenvalue weighted by Gasteiger charge is 2.09. The fraction of sp³-hybridized carbons (Fsp3) is 0.111. The quantitative estimate of drug-likeness (QED) is 0.874. The number of amides is 1. The summed E-state index contributed by atoms with van der Waals surface area (Å²) in [6.07, 6.45) is 1.27. The molecule has 2 rings (SSSR count). The van der Waals surface area contributed by atoms with Crippen molar-refractivity contribution in [2.24, 2.45) is 0 Å². The molecule has 0 aliphatic carbocycles. The molecule has 16 heavy (non-hydrogen) atoms. The third-order valence-electron chi connectivity index (χ3n) is 1.89. The van der Waals surface area contributed by atoms with E-state index < -0.39 is 0 Å². The summed E-state index contributed by atoms with van der Waals surface area (Å²) in [5.41, 5.74) is 0.801. The average Bonchev–Trinajstić information content (AvgIpc) is 2.77. The molecule has 0 bridgehead atoms. The van der Waals surface area contributed by atoms with E-state index in [9.17, 15) is 4.79 Å². The van der Waals surface area contributed by atoms with Gasteiger partial charge in [0.25, 0.3) is 5.91 Å². The molecule has 7 heteroatoms. The van der Waals surface area contributed by atoms with Crippen LogP contribution in [0.1, 0.15) is 16.3 Å². The first-order chi connectivity index (χ1) is 7.66. The van der Waals surface area contributed by atoms with Crippen molar-refractivity contribution < 1.29 is 4.79 Å². The number of anilines is 1. The first-order valence-corrected chi connectivity index (χ1v) is 5.26. The van der Waals surface area contributed by atoms with Crippen LogP contribution in [0.5, 0.6) is 0 Å². The Labute approximate surface area is 99.6 Å². The molecule has 0 saturated carbocycles. The third-order valence-corrected chi connectivity index (χ3v) is 2.73. The van der Waals surface area contributed by atoms with Gasteiger partial charge in [-0.1, -0.05) is 0 Å². The number of hydrogen-bond acceptors (Lipinski definition) is 4. The van der Waals surface area contributed by atoms with Crippen LogP contribution >= 0.6 is 15.9 Å². The highest BCUT2D eigenvalue weighted by atomic mass is 79.9. The Hall–Kier alpha value is -1.76. The van der Waals surface area contributed by atoms with Crippen LogP contribution in [0.25, 0.3) is 0 Å². The van der Waals surface area contributed by atoms with E-state index in [-0.39, 0.29) is 11.7 Å². The van der Waals surface area contributed by atoms with Crippen LogP contribution in [0.3, 0.4) is 0 Å². The molecule has 0 aromatic carbocycles. The van der Waals surface area contributed by atoms with E-state index in [0.29, 0.717) is 5.82 Å². The number of carbonyl (C=O) groups is 1. The van der Waals surface area contributed by atoms with Crippen molar-refractivity contribution in [1.29, 1.82) is 0 Å². The van der Waals surface area contributed by atoms with Gasteiger partial charge in [-0.15, -0.1) is 0 Å². The minimum Gasteiger partial charge on any atom is -0.304 e. The van der Waals surface area contributed by atoms with Crippen LogP contribution in [0.4, 0.5) is 5.82 Å². The molecule has 2 aromatic heterocycles. The van der Waals surface area contributed by atoms with Crippen molar-refractivity contribution in [3.05, 3.63) is 34.5 Å². The normalized spacial score (nSPS) is 10.1. The number of pyridine rings is 1. The van der Waals surface area contributed by atoms with Crippen molar-refractivity contribution in [2.45, 2.75) is 6.92 Å². The number of halogens is 1. The van der Waals surface area contributed by atoms with Gasteiger partial charge < -0.3 is 5.32 Å². The molecular weight excluding hydrogens is 274 g/mol. The maximum Gasteiger partial charge on any atom is 0.294 e. The molecule has 6 nitrogen and oxygen atoms in total. The summed E-state index contributed by atoms with van der Waals surface area (Å²) in [5.74, 6) is 0.260. The van der Waals surface area contributed by atoms with Crippen LogP contribution in [0.2, 0.25) is 0 Å². The summed E-state index contributed by atoms with van der Waals surface area (Å²) in [6, 6.07) is 3.52. The van der Waals surface area contributed by atoms with Crippen molar-refractivity contribution in [1.82, 2.24) is 20.2 Å². The smallest absolute Gasteiger partial charge is 0.294 e. The number of aromatic amines is 1. The highest BCUT2D eigenvalue weighted by molar-refractivity contribution is 9.10. The molecular formula is C9H8BrN5O. The molecule has 0 unspecified atom stereocenters. The van der Waals surface area contributed by atoms with Crippen LogP contribution in [-0.2, 0) is 0 Å². The summed E-state index contributed by atoms with van der Waals surface area (Å²) in [5, 5.41) is 8.67. The summed E-state index contributed by atoms with van der Waals surface area (Å²) < 4.78 is 0.894. The predicted molar refractivity (Wildman–Crippen MR) is 61.0 cm³/mol. The lowest BCUT2D eigenvalue weighted by atomic mass is 10.3. The summed E-state index contributed by atoms with van der Waals surface area (Å²) in [4.78, 5) is 19.5. The Balaban J connectivity index is 2.15. The Morgan fingerprint density at radius 3 is 2.94 bits per heavy atom. The highest BCUT2D eigenvalue weighted by Crippen LogP contribution is 2.16. The maximum atomic E-state index is 11.6. The number of hydrogen-bond donors (Lipinski definition) is 2. The Morgan fingerprint density at radius 1 is 1.50 bits per heavy atom. The van der Waals surface area contributed by atoms with Gasteiger partial charge in [0.05, 0.1) is 5.69 Å². The Morgan fingerprint density at radius 2 is 2.31 bits per heavy atom. The molecule has 0 spiro atoms. The maximum absolute atomic E-state index is 11.6. The summed E-state index contributed by atoms with van der Waals surface area (Å²) in [6.45, 7) is 1.84. The first-order valence-electron chi connectivity index (χ1n) is 4.46. The fourth-order valence-electron chi connectivity index (χ4n) is 1.10. The van der Waals surface area contributed by atoms with Crippen LogP contribution in [0.15, 0.2) is 22.9 Å². The van der Waals surface area contributed by atoms with Gasteiger partial charge in [0, 0.05) is 4.47 Å². The zero-order valence-electron chi connectivity index (χ0n) is 8.36. The molecule has 0 fully saturated rings. The van der Waals surface area contributed by atoms with E-state index in [1.165, 1.54) is 6.33 Å². The van der Waals surface area contributed by atoms with E-state index >= 15 is 0 Å². The molecule has 82 valence electrons. The molecule has 2 heterocycles. The van der Waals surface area contributed by atoms with Gasteiger partial charge in [0.1, 0.15) is 12.1 Å². The molecule has 0 saturated heterocycles. The van der Waals surface area contributed by atoms with Crippen molar-refractivity contribution in [3.63, 3.8) is 0 Å². The number of nitrogens with one attached hydrogen (secondary N) is 2. The Kier molecular flexibility index (Phi) is 2.95. The zero-order chi connectivity index (χ0) is 11.5. The molecule has 0 aliphatic rings. The second-order valence-electron chi connectivity index (χ2n) is 3.05. The molecule has 0 radical (unpaired) electrons. The summed E-state index contributed by atoms with van der Waals surface area (Å²) in [7, 11) is 0. The number of rotatable bonds is 2. The lowest BCUT2D eigenvalue weighted by molar-refractivity contribution is 0.101. The Bertz CT molecular complexity index is 511. The topological polar surface area (TPSA) is 83.6 Å². The second-order valence-corrected chi connectivity index (χ2v) is 3.91. The van der Waals surface area contributed by atoms with Crippen LogP contribution in [-0.4, -0.2) is 26.1 Å². The fourth-order valence-corrected chi connectivity index (χ4v) is 1.32. The second kappa shape index (κ2) is 4.40. The first kappa shape index (κ1) is 10.7. The molecule has 1 amide bonds. The van der Waals surface area contributed by atoms with Gasteiger partial charge >= 0.3 is 0 Å². The van der Waals surface area contributed by atoms with E-state index in [2.05, 4.69) is 41.4 Å². The van der Waals surface area contributed by atoms with Crippen molar-refractivity contribution >= 4 is 27.7 Å². The number of aryl methyl sites for hydroxylation is 1. The molecule has 2 N–H and O–H groups in total. The third kappa shape index (κ3) is 2.25. The lowest BCUT2D eigenvalue weighted by Gasteiger charge is -2.03. The van der Waals surface area contributed by atoms with E-state index in [1.807, 2.05) is 13.0 Å². The largest absolute Gasteiger partial charge is 0.304 e. The van der Waals surface area contributed by atoms with Crippen molar-refractivity contribution in [2.75, 3.05) is 5.32 Å². The summed E-state index contributed by atoms with van der Waals surface area (Å²) >= 11 is 3.33. The van der Waals surface area contributed by atoms with E-state index in [0.717, 1.165) is 10.2 Å². The lowest BCUT2D eigenvalue weighted by Crippen LogP contribution is -2.14. The number of nitrogens with zero attached hydrogens (tertiary/aromatic N) is 3. The minimum absolute atomic E-state index is 0.155. The monoisotopic (exact) mass is 281 g/mol. The SMILES string of the molecule is Cc1nc(NC(=O)c2ncn[nH]2)ccc1Br. The predicted octanol–water partition coefficient (Wildman–Crippen LogP) is 1.52. The minimum atomic E-state index is -0.369. The molecule has 2 aromatic rings. The van der Waals surface area contributed by atoms with Gasteiger partial charge in [-0.2, -0.15) is 5.10 Å². The van der Waals surface area contributed by atoms with E-state index in [4.69, 9.17) is 0 Å². The number of carbonyl (C=O) groups excluding carboxylic acids is 1. The van der Waals surface area contributed by atoms with E-state index in [1.54, 1.807) is 6.07 Å². The van der Waals surface area contributed by atoms with Gasteiger partial charge in [-0.05, 0) is 35.0 Å². The zero-order valence-corrected chi connectivity index (χ0v) is 9.95. The van der Waals surface area contributed by atoms with Gasteiger partial charge in [0.15, 0.2) is 0 Å². The van der Waals surface area contributed by atoms with Gasteiger partial charge in [0.2, 0.25) is 5.82 Å². The van der Waals surface area contributed by atoms with Crippen molar-refractivity contribution in [3.8, 4) is 0 Å². The number of aromatic nitrogens is 4. The van der Waals surface area contributed by atoms with Gasteiger partial charge in [-0.3, -0.25) is 9.89 Å². The molecule has 0 aliphatic heterocycles. The standard InChI is InChI=1S/C9H8BrN5O/c1-5-6(10)2-3-7(13-5)14-9(16)8-11-4-12-15-8/h2-4H,1H3,(H,11,12,15)(H,13,14,16). The molecule has 0 atom stereocenters. The van der Waals surface area contributed by atoms with Crippen LogP contribution < -0.4 is 5.32 Å². The number of H-pyrrole nitrogens is 1.